The van der Waals surface area contributed by atoms with Gasteiger partial charge in [-0.15, -0.1) is 0 Å². The number of rotatable bonds is 4. The van der Waals surface area contributed by atoms with Gasteiger partial charge < -0.3 is 14.2 Å². The van der Waals surface area contributed by atoms with Gasteiger partial charge in [0.25, 0.3) is 0 Å². The SMILES string of the molecule is COC(=O)c1ccc(-n2ncc(C(=O)OC(C)(C)C)c2Cl)cc1OC. The molecular formula is C17H19ClN2O5. The summed E-state index contributed by atoms with van der Waals surface area (Å²) in [7, 11) is 2.72. The molecule has 0 aliphatic heterocycles. The zero-order chi connectivity index (χ0) is 18.8. The lowest BCUT2D eigenvalue weighted by atomic mass is 10.2. The Balaban J connectivity index is 2.40. The topological polar surface area (TPSA) is 79.7 Å². The van der Waals surface area contributed by atoms with E-state index in [0.717, 1.165) is 0 Å². The maximum absolute atomic E-state index is 12.2. The molecule has 1 aromatic carbocycles. The van der Waals surface area contributed by atoms with E-state index >= 15 is 0 Å². The number of esters is 2. The van der Waals surface area contributed by atoms with Crippen LogP contribution in [0.2, 0.25) is 5.15 Å². The minimum absolute atomic E-state index is 0.0992. The highest BCUT2D eigenvalue weighted by atomic mass is 35.5. The van der Waals surface area contributed by atoms with Crippen molar-refractivity contribution in [1.82, 2.24) is 9.78 Å². The van der Waals surface area contributed by atoms with Crippen LogP contribution in [0.5, 0.6) is 5.75 Å². The number of nitrogens with zero attached hydrogens (tertiary/aromatic N) is 2. The maximum Gasteiger partial charge on any atom is 0.343 e. The monoisotopic (exact) mass is 366 g/mol. The van der Waals surface area contributed by atoms with Crippen molar-refractivity contribution >= 4 is 23.5 Å². The summed E-state index contributed by atoms with van der Waals surface area (Å²) in [6.07, 6.45) is 1.33. The molecule has 0 amide bonds. The predicted octanol–water partition coefficient (Wildman–Crippen LogP) is 3.28. The minimum Gasteiger partial charge on any atom is -0.496 e. The highest BCUT2D eigenvalue weighted by molar-refractivity contribution is 6.32. The van der Waals surface area contributed by atoms with E-state index < -0.39 is 17.5 Å². The van der Waals surface area contributed by atoms with Crippen LogP contribution in [-0.4, -0.2) is 41.5 Å². The third-order valence-corrected chi connectivity index (χ3v) is 3.53. The molecule has 1 heterocycles. The van der Waals surface area contributed by atoms with Crippen molar-refractivity contribution in [2.24, 2.45) is 0 Å². The molecule has 0 spiro atoms. The lowest BCUT2D eigenvalue weighted by molar-refractivity contribution is 0.00695. The van der Waals surface area contributed by atoms with Crippen molar-refractivity contribution in [3.63, 3.8) is 0 Å². The van der Waals surface area contributed by atoms with E-state index in [0.29, 0.717) is 11.4 Å². The maximum atomic E-state index is 12.2. The summed E-state index contributed by atoms with van der Waals surface area (Å²) < 4.78 is 16.6. The zero-order valence-corrected chi connectivity index (χ0v) is 15.4. The van der Waals surface area contributed by atoms with Gasteiger partial charge in [-0.25, -0.2) is 14.3 Å². The van der Waals surface area contributed by atoms with Gasteiger partial charge in [0.1, 0.15) is 27.6 Å². The van der Waals surface area contributed by atoms with Crippen LogP contribution < -0.4 is 4.74 Å². The third-order valence-electron chi connectivity index (χ3n) is 3.16. The van der Waals surface area contributed by atoms with Crippen LogP contribution in [0.15, 0.2) is 24.4 Å². The van der Waals surface area contributed by atoms with Crippen LogP contribution >= 0.6 is 11.6 Å². The number of carbonyl (C=O) groups excluding carboxylic acids is 2. The summed E-state index contributed by atoms with van der Waals surface area (Å²) in [5, 5.41) is 4.22. The second-order valence-corrected chi connectivity index (χ2v) is 6.50. The van der Waals surface area contributed by atoms with Gasteiger partial charge in [-0.1, -0.05) is 11.6 Å². The number of hydrogen-bond acceptors (Lipinski definition) is 6. The molecule has 0 saturated carbocycles. The number of carbonyl (C=O) groups is 2. The average Bonchev–Trinajstić information content (AvgIpc) is 2.93. The Bertz CT molecular complexity index is 808. The predicted molar refractivity (Wildman–Crippen MR) is 91.6 cm³/mol. The van der Waals surface area contributed by atoms with E-state index in [2.05, 4.69) is 5.10 Å². The first-order valence-electron chi connectivity index (χ1n) is 7.41. The van der Waals surface area contributed by atoms with Gasteiger partial charge in [-0.3, -0.25) is 0 Å². The molecule has 0 saturated heterocycles. The fourth-order valence-corrected chi connectivity index (χ4v) is 2.34. The second-order valence-electron chi connectivity index (χ2n) is 6.14. The smallest absolute Gasteiger partial charge is 0.343 e. The average molecular weight is 367 g/mol. The van der Waals surface area contributed by atoms with Crippen molar-refractivity contribution in [2.75, 3.05) is 14.2 Å². The number of halogens is 1. The van der Waals surface area contributed by atoms with E-state index in [1.165, 1.54) is 31.2 Å². The largest absolute Gasteiger partial charge is 0.496 e. The van der Waals surface area contributed by atoms with Crippen molar-refractivity contribution in [2.45, 2.75) is 26.4 Å². The van der Waals surface area contributed by atoms with E-state index in [-0.39, 0.29) is 16.3 Å². The van der Waals surface area contributed by atoms with Crippen LogP contribution in [0.3, 0.4) is 0 Å². The molecule has 7 nitrogen and oxygen atoms in total. The van der Waals surface area contributed by atoms with Gasteiger partial charge in [0, 0.05) is 6.07 Å². The Hall–Kier alpha value is -2.54. The second kappa shape index (κ2) is 7.14. The van der Waals surface area contributed by atoms with Crippen molar-refractivity contribution in [1.29, 1.82) is 0 Å². The zero-order valence-electron chi connectivity index (χ0n) is 14.6. The molecule has 0 atom stereocenters. The van der Waals surface area contributed by atoms with E-state index in [4.69, 9.17) is 25.8 Å². The summed E-state index contributed by atoms with van der Waals surface area (Å²) in [4.78, 5) is 23.9. The summed E-state index contributed by atoms with van der Waals surface area (Å²) >= 11 is 6.27. The molecule has 0 bridgehead atoms. The van der Waals surface area contributed by atoms with Crippen molar-refractivity contribution in [3.8, 4) is 11.4 Å². The first kappa shape index (κ1) is 18.8. The molecule has 2 rings (SSSR count). The Morgan fingerprint density at radius 2 is 1.80 bits per heavy atom. The molecule has 0 aliphatic rings. The first-order chi connectivity index (χ1) is 11.7. The van der Waals surface area contributed by atoms with Gasteiger partial charge >= 0.3 is 11.9 Å². The number of methoxy groups -OCH3 is 2. The molecule has 0 unspecified atom stereocenters. The molecule has 0 radical (unpaired) electrons. The Morgan fingerprint density at radius 3 is 2.36 bits per heavy atom. The van der Waals surface area contributed by atoms with Crippen LogP contribution in [0, 0.1) is 0 Å². The standard InChI is InChI=1S/C17H19ClN2O5/c1-17(2,3)25-16(22)12-9-19-20(14(12)18)10-6-7-11(15(21)24-5)13(8-10)23-4/h6-9H,1-5H3. The molecule has 0 aliphatic carbocycles. The number of benzene rings is 1. The normalized spacial score (nSPS) is 11.1. The third kappa shape index (κ3) is 4.11. The Kier molecular flexibility index (Phi) is 5.37. The van der Waals surface area contributed by atoms with Crippen LogP contribution in [0.1, 0.15) is 41.5 Å². The van der Waals surface area contributed by atoms with Gasteiger partial charge in [0.15, 0.2) is 0 Å². The van der Waals surface area contributed by atoms with Crippen molar-refractivity contribution < 1.29 is 23.8 Å². The highest BCUT2D eigenvalue weighted by Gasteiger charge is 2.24. The highest BCUT2D eigenvalue weighted by Crippen LogP contribution is 2.27. The Morgan fingerprint density at radius 1 is 1.12 bits per heavy atom. The van der Waals surface area contributed by atoms with E-state index in [9.17, 15) is 9.59 Å². The molecule has 0 fully saturated rings. The van der Waals surface area contributed by atoms with Crippen LogP contribution in [0.25, 0.3) is 5.69 Å². The van der Waals surface area contributed by atoms with Crippen LogP contribution in [0.4, 0.5) is 0 Å². The minimum atomic E-state index is -0.645. The molecule has 2 aromatic rings. The van der Waals surface area contributed by atoms with Crippen molar-refractivity contribution in [3.05, 3.63) is 40.7 Å². The molecule has 8 heteroatoms. The van der Waals surface area contributed by atoms with E-state index in [1.807, 2.05) is 0 Å². The Labute approximate surface area is 150 Å². The first-order valence-corrected chi connectivity index (χ1v) is 7.79. The molecule has 25 heavy (non-hydrogen) atoms. The fourth-order valence-electron chi connectivity index (χ4n) is 2.07. The summed E-state index contributed by atoms with van der Waals surface area (Å²) in [5.41, 5.74) is 0.287. The molecule has 134 valence electrons. The summed E-state index contributed by atoms with van der Waals surface area (Å²) in [5.74, 6) is -0.791. The molecule has 0 N–H and O–H groups in total. The van der Waals surface area contributed by atoms with Crippen LogP contribution in [-0.2, 0) is 9.47 Å². The fraction of sp³-hybridized carbons (Fsp3) is 0.353. The molecule has 1 aromatic heterocycles. The molecular weight excluding hydrogens is 348 g/mol. The van der Waals surface area contributed by atoms with Gasteiger partial charge in [-0.2, -0.15) is 5.10 Å². The lowest BCUT2D eigenvalue weighted by Gasteiger charge is -2.19. The number of aromatic nitrogens is 2. The summed E-state index contributed by atoms with van der Waals surface area (Å²) in [6, 6.07) is 4.72. The van der Waals surface area contributed by atoms with Gasteiger partial charge in [0.05, 0.1) is 26.1 Å². The van der Waals surface area contributed by atoms with Gasteiger partial charge in [-0.05, 0) is 32.9 Å². The number of hydrogen-bond donors (Lipinski definition) is 0. The quantitative estimate of drug-likeness (QED) is 0.772. The number of ether oxygens (including phenoxy) is 3. The lowest BCUT2D eigenvalue weighted by Crippen LogP contribution is -2.23. The summed E-state index contributed by atoms with van der Waals surface area (Å²) in [6.45, 7) is 5.29. The van der Waals surface area contributed by atoms with E-state index in [1.54, 1.807) is 32.9 Å². The van der Waals surface area contributed by atoms with Gasteiger partial charge in [0.2, 0.25) is 0 Å².